The summed E-state index contributed by atoms with van der Waals surface area (Å²) in [5, 5.41) is 15.0. The van der Waals surface area contributed by atoms with Crippen LogP contribution in [0.25, 0.3) is 10.9 Å². The van der Waals surface area contributed by atoms with E-state index in [4.69, 9.17) is 0 Å². The molecule has 3 aromatic rings. The molecule has 2 aromatic heterocycles. The van der Waals surface area contributed by atoms with Gasteiger partial charge in [-0.3, -0.25) is 20.0 Å². The number of halogens is 3. The molecule has 0 bridgehead atoms. The van der Waals surface area contributed by atoms with Crippen LogP contribution in [-0.2, 0) is 17.5 Å². The summed E-state index contributed by atoms with van der Waals surface area (Å²) in [4.78, 5) is 27.1. The highest BCUT2D eigenvalue weighted by Crippen LogP contribution is 2.26. The fourth-order valence-electron chi connectivity index (χ4n) is 2.01. The van der Waals surface area contributed by atoms with E-state index in [1.54, 1.807) is 29.4 Å². The highest BCUT2D eigenvalue weighted by atomic mass is 19.4. The molecule has 25 heavy (non-hydrogen) atoms. The van der Waals surface area contributed by atoms with Crippen molar-refractivity contribution < 1.29 is 18.0 Å². The van der Waals surface area contributed by atoms with E-state index in [1.807, 2.05) is 0 Å². The largest absolute Gasteiger partial charge is 0.451 e. The van der Waals surface area contributed by atoms with Gasteiger partial charge in [-0.25, -0.2) is 4.68 Å². The van der Waals surface area contributed by atoms with Crippen LogP contribution in [0.15, 0.2) is 29.1 Å². The van der Waals surface area contributed by atoms with Crippen molar-refractivity contribution in [2.45, 2.75) is 19.1 Å². The minimum atomic E-state index is -4.69. The van der Waals surface area contributed by atoms with E-state index in [-0.39, 0.29) is 13.0 Å². The molecule has 3 rings (SSSR count). The number of fused-ring (bicyclic) bond motifs is 1. The number of anilines is 1. The molecule has 0 aliphatic heterocycles. The van der Waals surface area contributed by atoms with E-state index in [9.17, 15) is 22.8 Å². The molecule has 0 fully saturated rings. The molecule has 1 aromatic carbocycles. The minimum Gasteiger partial charge on any atom is -0.293 e. The second-order valence-electron chi connectivity index (χ2n) is 4.94. The number of alkyl halides is 3. The number of H-pyrrole nitrogens is 1. The summed E-state index contributed by atoms with van der Waals surface area (Å²) >= 11 is 0. The average Bonchev–Trinajstić information content (AvgIpc) is 3.03. The van der Waals surface area contributed by atoms with Gasteiger partial charge in [-0.1, -0.05) is 17.3 Å². The number of nitrogens with zero attached hydrogens (tertiary/aromatic N) is 5. The molecule has 9 nitrogen and oxygen atoms in total. The number of hydrogen-bond donors (Lipinski definition) is 2. The number of aromatic amines is 1. The molecule has 0 aliphatic carbocycles. The molecule has 2 heterocycles. The van der Waals surface area contributed by atoms with E-state index >= 15 is 0 Å². The maximum Gasteiger partial charge on any atom is 0.451 e. The number of aryl methyl sites for hydroxylation is 1. The monoisotopic (exact) mass is 353 g/mol. The lowest BCUT2D eigenvalue weighted by Gasteiger charge is -2.04. The fourth-order valence-corrected chi connectivity index (χ4v) is 2.01. The Bertz CT molecular complexity index is 979. The lowest BCUT2D eigenvalue weighted by Crippen LogP contribution is -2.26. The Morgan fingerprint density at radius 1 is 1.28 bits per heavy atom. The van der Waals surface area contributed by atoms with Crippen molar-refractivity contribution in [3.63, 3.8) is 0 Å². The molecule has 0 saturated carbocycles. The summed E-state index contributed by atoms with van der Waals surface area (Å²) in [6.07, 6.45) is -4.91. The van der Waals surface area contributed by atoms with Crippen LogP contribution < -0.4 is 10.9 Å². The zero-order valence-electron chi connectivity index (χ0n) is 12.4. The number of nitrogens with one attached hydrogen (secondary N) is 2. The van der Waals surface area contributed by atoms with Crippen LogP contribution in [0.2, 0.25) is 0 Å². The number of amides is 1. The smallest absolute Gasteiger partial charge is 0.293 e. The Kier molecular flexibility index (Phi) is 4.17. The zero-order chi connectivity index (χ0) is 18.0. The Balaban J connectivity index is 1.66. The summed E-state index contributed by atoms with van der Waals surface area (Å²) < 4.78 is 38.1. The highest BCUT2D eigenvalue weighted by molar-refractivity contribution is 5.88. The number of hydrogen-bond acceptors (Lipinski definition) is 6. The lowest BCUT2D eigenvalue weighted by molar-refractivity contribution is -0.144. The first kappa shape index (κ1) is 16.5. The Morgan fingerprint density at radius 3 is 2.76 bits per heavy atom. The topological polar surface area (TPSA) is 118 Å². The van der Waals surface area contributed by atoms with Gasteiger partial charge in [-0.15, -0.1) is 10.2 Å². The first-order valence-corrected chi connectivity index (χ1v) is 6.96. The third kappa shape index (κ3) is 3.62. The molecule has 130 valence electrons. The van der Waals surface area contributed by atoms with Gasteiger partial charge in [0.1, 0.15) is 5.52 Å². The third-order valence-corrected chi connectivity index (χ3v) is 3.19. The number of aromatic nitrogens is 6. The molecule has 0 radical (unpaired) electrons. The average molecular weight is 353 g/mol. The van der Waals surface area contributed by atoms with Gasteiger partial charge in [0.05, 0.1) is 11.9 Å². The molecule has 1 amide bonds. The van der Waals surface area contributed by atoms with Crippen LogP contribution >= 0.6 is 0 Å². The van der Waals surface area contributed by atoms with E-state index in [2.05, 4.69) is 25.7 Å². The van der Waals surface area contributed by atoms with Crippen molar-refractivity contribution in [1.29, 1.82) is 0 Å². The van der Waals surface area contributed by atoms with Gasteiger partial charge in [-0.2, -0.15) is 18.2 Å². The van der Waals surface area contributed by atoms with Crippen LogP contribution in [0.5, 0.6) is 0 Å². The Labute approximate surface area is 136 Å². The van der Waals surface area contributed by atoms with Gasteiger partial charge >= 0.3 is 6.18 Å². The zero-order valence-corrected chi connectivity index (χ0v) is 12.4. The second kappa shape index (κ2) is 6.30. The number of carbonyl (C=O) groups excluding carboxylic acids is 1. The second-order valence-corrected chi connectivity index (χ2v) is 4.94. The minimum absolute atomic E-state index is 0.0982. The van der Waals surface area contributed by atoms with Gasteiger partial charge in [0.15, 0.2) is 0 Å². The molecule has 12 heteroatoms. The normalized spacial score (nSPS) is 11.6. The maximum atomic E-state index is 12.4. The first-order valence-electron chi connectivity index (χ1n) is 6.96. The van der Waals surface area contributed by atoms with E-state index in [0.717, 1.165) is 4.68 Å². The summed E-state index contributed by atoms with van der Waals surface area (Å²) in [6.45, 7) is -0.0982. The van der Waals surface area contributed by atoms with Crippen LogP contribution in [-0.4, -0.2) is 36.1 Å². The third-order valence-electron chi connectivity index (χ3n) is 3.19. The molecular formula is C13H10F3N7O2. The van der Waals surface area contributed by atoms with Crippen molar-refractivity contribution >= 4 is 22.8 Å². The number of benzene rings is 1. The maximum absolute atomic E-state index is 12.4. The predicted molar refractivity (Wildman–Crippen MR) is 78.4 cm³/mol. The van der Waals surface area contributed by atoms with E-state index in [0.29, 0.717) is 10.9 Å². The van der Waals surface area contributed by atoms with Crippen LogP contribution in [0.3, 0.4) is 0 Å². The fraction of sp³-hybridized carbons (Fsp3) is 0.231. The molecule has 0 aliphatic rings. The van der Waals surface area contributed by atoms with Crippen LogP contribution in [0, 0.1) is 0 Å². The highest BCUT2D eigenvalue weighted by Gasteiger charge is 2.35. The summed E-state index contributed by atoms with van der Waals surface area (Å²) in [5.74, 6) is -2.50. The molecule has 0 spiro atoms. The van der Waals surface area contributed by atoms with Crippen LogP contribution in [0.4, 0.5) is 19.1 Å². The molecular weight excluding hydrogens is 343 g/mol. The SMILES string of the molecule is O=C(CCn1nnc2ccccc2c1=O)Nc1n[nH]c(C(F)(F)F)n1. The van der Waals surface area contributed by atoms with Crippen molar-refractivity contribution in [3.05, 3.63) is 40.4 Å². The van der Waals surface area contributed by atoms with Crippen molar-refractivity contribution in [3.8, 4) is 0 Å². The lowest BCUT2D eigenvalue weighted by atomic mass is 10.2. The Hall–Kier alpha value is -3.31. The van der Waals surface area contributed by atoms with Gasteiger partial charge in [0, 0.05) is 6.42 Å². The van der Waals surface area contributed by atoms with Gasteiger partial charge in [0.25, 0.3) is 5.56 Å². The van der Waals surface area contributed by atoms with Gasteiger partial charge in [-0.05, 0) is 12.1 Å². The standard InChI is InChI=1S/C13H10F3N7O2/c14-13(15,16)11-18-12(21-20-11)17-9(24)5-6-23-10(25)7-3-1-2-4-8(7)19-22-23/h1-4H,5-6H2,(H2,17,18,20,21,24). The van der Waals surface area contributed by atoms with E-state index < -0.39 is 29.4 Å². The van der Waals surface area contributed by atoms with Crippen LogP contribution in [0.1, 0.15) is 12.2 Å². The van der Waals surface area contributed by atoms with E-state index in [1.165, 1.54) is 0 Å². The van der Waals surface area contributed by atoms with Crippen molar-refractivity contribution in [2.75, 3.05) is 5.32 Å². The number of carbonyl (C=O) groups is 1. The molecule has 0 unspecified atom stereocenters. The van der Waals surface area contributed by atoms with Crippen molar-refractivity contribution in [2.24, 2.45) is 0 Å². The summed E-state index contributed by atoms with van der Waals surface area (Å²) in [7, 11) is 0. The molecule has 0 saturated heterocycles. The first-order chi connectivity index (χ1) is 11.8. The summed E-state index contributed by atoms with van der Waals surface area (Å²) in [6, 6.07) is 6.59. The molecule has 0 atom stereocenters. The van der Waals surface area contributed by atoms with Gasteiger partial charge < -0.3 is 0 Å². The quantitative estimate of drug-likeness (QED) is 0.721. The van der Waals surface area contributed by atoms with Gasteiger partial charge in [0.2, 0.25) is 17.7 Å². The predicted octanol–water partition coefficient (Wildman–Crippen LogP) is 0.957. The molecule has 2 N–H and O–H groups in total. The Morgan fingerprint density at radius 2 is 2.04 bits per heavy atom. The number of rotatable bonds is 4. The summed E-state index contributed by atoms with van der Waals surface area (Å²) in [5.41, 5.74) is 0.00394. The van der Waals surface area contributed by atoms with Crippen molar-refractivity contribution in [1.82, 2.24) is 30.2 Å².